The van der Waals surface area contributed by atoms with Gasteiger partial charge in [-0.15, -0.1) is 0 Å². The molecule has 0 unspecified atom stereocenters. The summed E-state index contributed by atoms with van der Waals surface area (Å²) in [6.07, 6.45) is 3.09. The van der Waals surface area contributed by atoms with Gasteiger partial charge in [-0.05, 0) is 17.7 Å². The maximum atomic E-state index is 5.89. The van der Waals surface area contributed by atoms with Gasteiger partial charge in [0.2, 0.25) is 0 Å². The Morgan fingerprint density at radius 2 is 2.29 bits per heavy atom. The highest BCUT2D eigenvalue weighted by Gasteiger charge is 2.04. The molecule has 14 heavy (non-hydrogen) atoms. The van der Waals surface area contributed by atoms with Crippen molar-refractivity contribution in [1.82, 2.24) is 14.8 Å². The molecule has 1 aromatic carbocycles. The predicted octanol–water partition coefficient (Wildman–Crippen LogP) is 1.38. The van der Waals surface area contributed by atoms with Crippen LogP contribution in [-0.4, -0.2) is 14.8 Å². The highest BCUT2D eigenvalue weighted by molar-refractivity contribution is 6.30. The van der Waals surface area contributed by atoms with Crippen molar-refractivity contribution < 1.29 is 0 Å². The standard InChI is InChI=1S/C9H9ClN4/c10-8-2-1-7(4-11)9(3-8)14-6-12-5-13-14/h1-3,5-6H,4,11H2. The van der Waals surface area contributed by atoms with Gasteiger partial charge in [-0.2, -0.15) is 5.10 Å². The summed E-state index contributed by atoms with van der Waals surface area (Å²) in [5, 5.41) is 4.69. The summed E-state index contributed by atoms with van der Waals surface area (Å²) in [4.78, 5) is 3.87. The SMILES string of the molecule is NCc1ccc(Cl)cc1-n1cncn1. The Bertz CT molecular complexity index is 424. The van der Waals surface area contributed by atoms with E-state index in [0.29, 0.717) is 11.6 Å². The van der Waals surface area contributed by atoms with E-state index >= 15 is 0 Å². The molecule has 0 saturated carbocycles. The molecule has 0 aliphatic rings. The third kappa shape index (κ3) is 1.62. The molecule has 4 nitrogen and oxygen atoms in total. The van der Waals surface area contributed by atoms with E-state index in [1.165, 1.54) is 6.33 Å². The lowest BCUT2D eigenvalue weighted by Crippen LogP contribution is -2.04. The maximum absolute atomic E-state index is 5.89. The monoisotopic (exact) mass is 208 g/mol. The van der Waals surface area contributed by atoms with Crippen LogP contribution in [-0.2, 0) is 6.54 Å². The molecular formula is C9H9ClN4. The van der Waals surface area contributed by atoms with Crippen molar-refractivity contribution in [3.8, 4) is 5.69 Å². The van der Waals surface area contributed by atoms with Gasteiger partial charge in [-0.25, -0.2) is 9.67 Å². The van der Waals surface area contributed by atoms with E-state index in [4.69, 9.17) is 17.3 Å². The minimum absolute atomic E-state index is 0.451. The lowest BCUT2D eigenvalue weighted by atomic mass is 10.2. The number of hydrogen-bond donors (Lipinski definition) is 1. The summed E-state index contributed by atoms with van der Waals surface area (Å²) in [6, 6.07) is 5.52. The summed E-state index contributed by atoms with van der Waals surface area (Å²) < 4.78 is 1.65. The van der Waals surface area contributed by atoms with E-state index in [-0.39, 0.29) is 0 Å². The first kappa shape index (κ1) is 9.18. The molecule has 0 bridgehead atoms. The third-order valence-electron chi connectivity index (χ3n) is 1.93. The quantitative estimate of drug-likeness (QED) is 0.811. The lowest BCUT2D eigenvalue weighted by Gasteiger charge is -2.06. The highest BCUT2D eigenvalue weighted by Crippen LogP contribution is 2.18. The van der Waals surface area contributed by atoms with Gasteiger partial charge in [0.25, 0.3) is 0 Å². The number of halogens is 1. The zero-order valence-corrected chi connectivity index (χ0v) is 8.15. The largest absolute Gasteiger partial charge is 0.326 e. The number of hydrogen-bond acceptors (Lipinski definition) is 3. The van der Waals surface area contributed by atoms with Crippen LogP contribution in [0.25, 0.3) is 5.69 Å². The first-order valence-electron chi connectivity index (χ1n) is 4.15. The van der Waals surface area contributed by atoms with E-state index < -0.39 is 0 Å². The van der Waals surface area contributed by atoms with E-state index in [2.05, 4.69) is 10.1 Å². The normalized spacial score (nSPS) is 10.4. The molecule has 0 aliphatic heterocycles. The number of nitrogens with two attached hydrogens (primary N) is 1. The summed E-state index contributed by atoms with van der Waals surface area (Å²) in [6.45, 7) is 0.451. The minimum atomic E-state index is 0.451. The van der Waals surface area contributed by atoms with Gasteiger partial charge >= 0.3 is 0 Å². The predicted molar refractivity (Wildman–Crippen MR) is 54.3 cm³/mol. The fourth-order valence-electron chi connectivity index (χ4n) is 1.26. The highest BCUT2D eigenvalue weighted by atomic mass is 35.5. The molecule has 2 rings (SSSR count). The van der Waals surface area contributed by atoms with Crippen LogP contribution in [0, 0.1) is 0 Å². The zero-order valence-electron chi connectivity index (χ0n) is 7.39. The topological polar surface area (TPSA) is 56.7 Å². The molecule has 0 saturated heterocycles. The van der Waals surface area contributed by atoms with E-state index in [9.17, 15) is 0 Å². The number of rotatable bonds is 2. The molecule has 2 aromatic rings. The Hall–Kier alpha value is -1.39. The van der Waals surface area contributed by atoms with Crippen LogP contribution in [0.2, 0.25) is 5.02 Å². The van der Waals surface area contributed by atoms with Crippen molar-refractivity contribution in [3.63, 3.8) is 0 Å². The molecule has 72 valence electrons. The summed E-state index contributed by atoms with van der Waals surface area (Å²) in [5.74, 6) is 0. The van der Waals surface area contributed by atoms with Crippen LogP contribution in [0.15, 0.2) is 30.9 Å². The Balaban J connectivity index is 2.55. The van der Waals surface area contributed by atoms with Gasteiger partial charge in [0.15, 0.2) is 0 Å². The maximum Gasteiger partial charge on any atom is 0.138 e. The third-order valence-corrected chi connectivity index (χ3v) is 2.17. The van der Waals surface area contributed by atoms with Crippen LogP contribution < -0.4 is 5.73 Å². The van der Waals surface area contributed by atoms with Gasteiger partial charge < -0.3 is 5.73 Å². The van der Waals surface area contributed by atoms with Gasteiger partial charge in [-0.3, -0.25) is 0 Å². The molecular weight excluding hydrogens is 200 g/mol. The summed E-state index contributed by atoms with van der Waals surface area (Å²) in [5.41, 5.74) is 7.46. The molecule has 0 atom stereocenters. The molecule has 0 spiro atoms. The van der Waals surface area contributed by atoms with E-state index in [1.807, 2.05) is 18.2 Å². The molecule has 5 heteroatoms. The molecule has 1 aromatic heterocycles. The van der Waals surface area contributed by atoms with Gasteiger partial charge in [0, 0.05) is 11.6 Å². The Morgan fingerprint density at radius 3 is 2.93 bits per heavy atom. The molecule has 0 amide bonds. The Kier molecular flexibility index (Phi) is 2.47. The van der Waals surface area contributed by atoms with Crippen LogP contribution in [0.3, 0.4) is 0 Å². The second-order valence-electron chi connectivity index (χ2n) is 2.82. The van der Waals surface area contributed by atoms with E-state index in [1.54, 1.807) is 11.0 Å². The van der Waals surface area contributed by atoms with Crippen LogP contribution >= 0.6 is 11.6 Å². The fourth-order valence-corrected chi connectivity index (χ4v) is 1.42. The zero-order chi connectivity index (χ0) is 9.97. The molecule has 2 N–H and O–H groups in total. The van der Waals surface area contributed by atoms with Crippen molar-refractivity contribution >= 4 is 11.6 Å². The number of benzene rings is 1. The van der Waals surface area contributed by atoms with Crippen molar-refractivity contribution in [2.24, 2.45) is 5.73 Å². The van der Waals surface area contributed by atoms with Crippen molar-refractivity contribution in [2.75, 3.05) is 0 Å². The van der Waals surface area contributed by atoms with Gasteiger partial charge in [0.05, 0.1) is 5.69 Å². The summed E-state index contributed by atoms with van der Waals surface area (Å²) >= 11 is 5.89. The number of nitrogens with zero attached hydrogens (tertiary/aromatic N) is 3. The van der Waals surface area contributed by atoms with Crippen molar-refractivity contribution in [1.29, 1.82) is 0 Å². The van der Waals surface area contributed by atoms with Crippen LogP contribution in [0.5, 0.6) is 0 Å². The molecule has 0 radical (unpaired) electrons. The second kappa shape index (κ2) is 3.77. The average molecular weight is 209 g/mol. The number of aromatic nitrogens is 3. The van der Waals surface area contributed by atoms with Gasteiger partial charge in [0.1, 0.15) is 12.7 Å². The first-order chi connectivity index (χ1) is 6.81. The van der Waals surface area contributed by atoms with Crippen LogP contribution in [0.4, 0.5) is 0 Å². The van der Waals surface area contributed by atoms with E-state index in [0.717, 1.165) is 11.3 Å². The second-order valence-corrected chi connectivity index (χ2v) is 3.25. The molecule has 0 fully saturated rings. The van der Waals surface area contributed by atoms with Crippen molar-refractivity contribution in [2.45, 2.75) is 6.54 Å². The summed E-state index contributed by atoms with van der Waals surface area (Å²) in [7, 11) is 0. The first-order valence-corrected chi connectivity index (χ1v) is 4.52. The van der Waals surface area contributed by atoms with Crippen LogP contribution in [0.1, 0.15) is 5.56 Å². The fraction of sp³-hybridized carbons (Fsp3) is 0.111. The Morgan fingerprint density at radius 1 is 1.43 bits per heavy atom. The average Bonchev–Trinajstić information content (AvgIpc) is 2.70. The molecule has 0 aliphatic carbocycles. The lowest BCUT2D eigenvalue weighted by molar-refractivity contribution is 0.857. The van der Waals surface area contributed by atoms with Gasteiger partial charge in [-0.1, -0.05) is 17.7 Å². The Labute approximate surface area is 86.3 Å². The minimum Gasteiger partial charge on any atom is -0.326 e. The molecule has 1 heterocycles. The van der Waals surface area contributed by atoms with Crippen molar-refractivity contribution in [3.05, 3.63) is 41.4 Å². The smallest absolute Gasteiger partial charge is 0.138 e.